The van der Waals surface area contributed by atoms with Crippen molar-refractivity contribution in [1.82, 2.24) is 10.2 Å². The molecule has 0 fully saturated rings. The van der Waals surface area contributed by atoms with Crippen molar-refractivity contribution in [2.45, 2.75) is 22.6 Å². The lowest BCUT2D eigenvalue weighted by Gasteiger charge is -2.20. The summed E-state index contributed by atoms with van der Waals surface area (Å²) < 4.78 is 32.2. The summed E-state index contributed by atoms with van der Waals surface area (Å²) in [6.07, 6.45) is 0.499. The van der Waals surface area contributed by atoms with Gasteiger partial charge in [-0.3, -0.25) is 14.4 Å². The minimum Gasteiger partial charge on any atom is -0.478 e. The summed E-state index contributed by atoms with van der Waals surface area (Å²) in [6, 6.07) is 16.8. The molecule has 162 valence electrons. The van der Waals surface area contributed by atoms with Gasteiger partial charge in [0.2, 0.25) is 15.2 Å². The van der Waals surface area contributed by atoms with Crippen molar-refractivity contribution in [2.75, 3.05) is 22.4 Å². The fourth-order valence-electron chi connectivity index (χ4n) is 3.08. The molecule has 1 atom stereocenters. The van der Waals surface area contributed by atoms with Crippen LogP contribution in [0.1, 0.15) is 12.0 Å². The molecule has 0 spiro atoms. The van der Waals surface area contributed by atoms with Gasteiger partial charge in [-0.2, -0.15) is 0 Å². The van der Waals surface area contributed by atoms with Gasteiger partial charge in [0.05, 0.1) is 11.9 Å². The van der Waals surface area contributed by atoms with Gasteiger partial charge < -0.3 is 4.74 Å². The molecule has 11 heteroatoms. The summed E-state index contributed by atoms with van der Waals surface area (Å²) in [7, 11) is -3.50. The van der Waals surface area contributed by atoms with E-state index in [1.807, 2.05) is 30.3 Å². The number of hydrogen-bond acceptors (Lipinski definition) is 8. The second-order valence-electron chi connectivity index (χ2n) is 6.83. The third-order valence-corrected chi connectivity index (χ3v) is 7.76. The number of ether oxygens (including phenoxy) is 1. The summed E-state index contributed by atoms with van der Waals surface area (Å²) in [4.78, 5) is 12.8. The number of nitrogens with zero attached hydrogens (tertiary/aromatic N) is 3. The van der Waals surface area contributed by atoms with Crippen LogP contribution >= 0.6 is 23.1 Å². The van der Waals surface area contributed by atoms with Crippen LogP contribution in [0, 0.1) is 0 Å². The lowest BCUT2D eigenvalue weighted by Crippen LogP contribution is -2.35. The zero-order valence-electron chi connectivity index (χ0n) is 16.6. The van der Waals surface area contributed by atoms with Crippen LogP contribution in [0.5, 0.6) is 5.75 Å². The van der Waals surface area contributed by atoms with E-state index in [0.717, 1.165) is 16.3 Å². The number of carbonyl (C=O) groups is 1. The third-order valence-electron chi connectivity index (χ3n) is 4.53. The molecule has 1 aromatic heterocycles. The van der Waals surface area contributed by atoms with Crippen molar-refractivity contribution in [3.63, 3.8) is 0 Å². The Morgan fingerprint density at radius 3 is 2.71 bits per heavy atom. The Labute approximate surface area is 188 Å². The van der Waals surface area contributed by atoms with E-state index in [0.29, 0.717) is 16.6 Å². The van der Waals surface area contributed by atoms with Gasteiger partial charge in [0.1, 0.15) is 5.75 Å². The maximum atomic E-state index is 12.8. The Kier molecular flexibility index (Phi) is 6.44. The van der Waals surface area contributed by atoms with Crippen molar-refractivity contribution < 1.29 is 17.9 Å². The van der Waals surface area contributed by atoms with Gasteiger partial charge in [0.25, 0.3) is 5.91 Å². The summed E-state index contributed by atoms with van der Waals surface area (Å²) in [6.45, 7) is 0.141. The highest BCUT2D eigenvalue weighted by atomic mass is 32.2. The lowest BCUT2D eigenvalue weighted by atomic mass is 10.2. The maximum Gasteiger partial charge on any atom is 0.267 e. The molecule has 0 saturated carbocycles. The van der Waals surface area contributed by atoms with Crippen LogP contribution in [0.25, 0.3) is 0 Å². The first kappa shape index (κ1) is 21.6. The number of benzene rings is 2. The molecule has 1 N–H and O–H groups in total. The van der Waals surface area contributed by atoms with Crippen LogP contribution in [0.3, 0.4) is 0 Å². The molecule has 2 aromatic carbocycles. The summed E-state index contributed by atoms with van der Waals surface area (Å²) in [5.41, 5.74) is 1.60. The van der Waals surface area contributed by atoms with E-state index in [9.17, 15) is 13.2 Å². The Morgan fingerprint density at radius 2 is 1.94 bits per heavy atom. The molecule has 2 heterocycles. The average Bonchev–Trinajstić information content (AvgIpc) is 3.09. The monoisotopic (exact) mass is 476 g/mol. The van der Waals surface area contributed by atoms with Crippen LogP contribution < -0.4 is 14.4 Å². The number of anilines is 2. The largest absolute Gasteiger partial charge is 0.478 e. The van der Waals surface area contributed by atoms with Gasteiger partial charge in [0.15, 0.2) is 10.4 Å². The number of nitrogens with one attached hydrogen (secondary N) is 1. The predicted molar refractivity (Wildman–Crippen MR) is 122 cm³/mol. The van der Waals surface area contributed by atoms with Gasteiger partial charge in [-0.15, -0.1) is 10.2 Å². The van der Waals surface area contributed by atoms with Crippen molar-refractivity contribution in [3.05, 3.63) is 60.2 Å². The number of amides is 1. The van der Waals surface area contributed by atoms with Crippen LogP contribution in [-0.2, 0) is 20.6 Å². The Morgan fingerprint density at radius 1 is 1.19 bits per heavy atom. The Balaban J connectivity index is 1.42. The van der Waals surface area contributed by atoms with Gasteiger partial charge >= 0.3 is 0 Å². The molecular formula is C20H20N4O4S3. The Bertz CT molecular complexity index is 1170. The fourth-order valence-corrected chi connectivity index (χ4v) is 5.74. The number of rotatable bonds is 6. The van der Waals surface area contributed by atoms with E-state index in [2.05, 4.69) is 15.5 Å². The molecule has 4 rings (SSSR count). The maximum absolute atomic E-state index is 12.8. The summed E-state index contributed by atoms with van der Waals surface area (Å²) >= 11 is 2.83. The summed E-state index contributed by atoms with van der Waals surface area (Å²) in [5.74, 6) is 0.718. The molecule has 0 saturated heterocycles. The topological polar surface area (TPSA) is 101 Å². The smallest absolute Gasteiger partial charge is 0.267 e. The molecule has 1 amide bonds. The highest BCUT2D eigenvalue weighted by Gasteiger charge is 2.31. The van der Waals surface area contributed by atoms with Gasteiger partial charge in [-0.05, 0) is 17.7 Å². The number of sulfonamides is 1. The number of aromatic nitrogens is 2. The van der Waals surface area contributed by atoms with E-state index in [-0.39, 0.29) is 18.9 Å². The van der Waals surface area contributed by atoms with E-state index in [1.54, 1.807) is 36.0 Å². The van der Waals surface area contributed by atoms with E-state index in [1.165, 1.54) is 21.2 Å². The van der Waals surface area contributed by atoms with Crippen molar-refractivity contribution in [3.8, 4) is 5.75 Å². The van der Waals surface area contributed by atoms with Crippen LogP contribution in [0.2, 0.25) is 0 Å². The Hall–Kier alpha value is -2.63. The molecule has 0 radical (unpaired) electrons. The highest BCUT2D eigenvalue weighted by molar-refractivity contribution is 8.00. The number of carbonyl (C=O) groups excluding carboxylic acids is 1. The summed E-state index contributed by atoms with van der Waals surface area (Å²) in [5, 5.41) is 11.3. The van der Waals surface area contributed by atoms with Crippen molar-refractivity contribution in [1.29, 1.82) is 0 Å². The zero-order chi connectivity index (χ0) is 21.8. The lowest BCUT2D eigenvalue weighted by molar-refractivity contribution is -0.122. The molecule has 8 nitrogen and oxygen atoms in total. The minimum atomic E-state index is -3.50. The van der Waals surface area contributed by atoms with Crippen LogP contribution in [-0.4, -0.2) is 43.4 Å². The van der Waals surface area contributed by atoms with Crippen molar-refractivity contribution >= 4 is 49.8 Å². The molecular weight excluding hydrogens is 456 g/mol. The van der Waals surface area contributed by atoms with Crippen molar-refractivity contribution in [2.24, 2.45) is 0 Å². The predicted octanol–water partition coefficient (Wildman–Crippen LogP) is 3.39. The second-order valence-corrected chi connectivity index (χ2v) is 10.9. The molecule has 0 bridgehead atoms. The van der Waals surface area contributed by atoms with E-state index in [4.69, 9.17) is 4.74 Å². The normalized spacial score (nSPS) is 16.2. The van der Waals surface area contributed by atoms with Gasteiger partial charge in [-0.1, -0.05) is 65.6 Å². The first-order chi connectivity index (χ1) is 14.9. The average molecular weight is 477 g/mol. The first-order valence-electron chi connectivity index (χ1n) is 9.44. The standard InChI is InChI=1S/C20H20N4O4S3/c1-31(26,27)24-12-11-17(28-16-10-6-5-9-15(16)24)18(25)21-19-22-23-20(30-19)29-13-14-7-3-2-4-8-14/h2-10,17H,11-13H2,1H3,(H,21,22,25). The zero-order valence-corrected chi connectivity index (χ0v) is 19.0. The highest BCUT2D eigenvalue weighted by Crippen LogP contribution is 2.34. The van der Waals surface area contributed by atoms with E-state index >= 15 is 0 Å². The molecule has 0 aliphatic carbocycles. The molecule has 1 aliphatic rings. The first-order valence-corrected chi connectivity index (χ1v) is 13.1. The number of fused-ring (bicyclic) bond motifs is 1. The molecule has 1 unspecified atom stereocenters. The second kappa shape index (κ2) is 9.25. The SMILES string of the molecule is CS(=O)(=O)N1CCC(C(=O)Nc2nnc(SCc3ccccc3)s2)Oc2ccccc21. The number of hydrogen-bond donors (Lipinski definition) is 1. The third kappa shape index (κ3) is 5.35. The van der Waals surface area contributed by atoms with E-state index < -0.39 is 16.1 Å². The fraction of sp³-hybridized carbons (Fsp3) is 0.250. The molecule has 31 heavy (non-hydrogen) atoms. The molecule has 1 aliphatic heterocycles. The van der Waals surface area contributed by atoms with Crippen LogP contribution in [0.4, 0.5) is 10.8 Å². The number of thioether (sulfide) groups is 1. The van der Waals surface area contributed by atoms with Gasteiger partial charge in [0, 0.05) is 18.7 Å². The van der Waals surface area contributed by atoms with Gasteiger partial charge in [-0.25, -0.2) is 8.42 Å². The molecule has 3 aromatic rings. The van der Waals surface area contributed by atoms with Crippen LogP contribution in [0.15, 0.2) is 58.9 Å². The number of para-hydroxylation sites is 2. The quantitative estimate of drug-likeness (QED) is 0.430. The minimum absolute atomic E-state index is 0.141.